The van der Waals surface area contributed by atoms with Gasteiger partial charge < -0.3 is 5.32 Å². The van der Waals surface area contributed by atoms with Gasteiger partial charge in [-0.25, -0.2) is 9.97 Å². The molecule has 1 aliphatic heterocycles. The summed E-state index contributed by atoms with van der Waals surface area (Å²) in [7, 11) is 0. The van der Waals surface area contributed by atoms with Crippen LogP contribution in [0.5, 0.6) is 0 Å². The monoisotopic (exact) mass is 291 g/mol. The summed E-state index contributed by atoms with van der Waals surface area (Å²) in [5, 5.41) is 7.28. The van der Waals surface area contributed by atoms with E-state index in [4.69, 9.17) is 0 Å². The molecule has 0 saturated carbocycles. The lowest BCUT2D eigenvalue weighted by Crippen LogP contribution is -2.35. The molecule has 6 heteroatoms. The molecular weight excluding hydrogens is 278 g/mol. The van der Waals surface area contributed by atoms with E-state index in [9.17, 15) is 4.79 Å². The first-order valence-electron chi connectivity index (χ1n) is 7.06. The molecule has 0 unspecified atom stereocenters. The molecule has 0 atom stereocenters. The number of hydrogen-bond donors (Lipinski definition) is 1. The standard InChI is InChI=1S/C16H13N5O/c22-16-14-10-13(20-21(14)9-8-18-16)12-6-7-17-15(19-12)11-4-2-1-3-5-11/h1-7,10H,8-9H2,(H,18,22). The Morgan fingerprint density at radius 3 is 2.77 bits per heavy atom. The zero-order chi connectivity index (χ0) is 14.9. The van der Waals surface area contributed by atoms with Crippen LogP contribution in [0.15, 0.2) is 48.7 Å². The first kappa shape index (κ1) is 12.7. The minimum atomic E-state index is -0.0951. The molecule has 6 nitrogen and oxygen atoms in total. The first-order chi connectivity index (χ1) is 10.8. The summed E-state index contributed by atoms with van der Waals surface area (Å²) < 4.78 is 1.72. The maximum Gasteiger partial charge on any atom is 0.269 e. The molecule has 0 bridgehead atoms. The summed E-state index contributed by atoms with van der Waals surface area (Å²) in [4.78, 5) is 20.7. The molecule has 0 radical (unpaired) electrons. The lowest BCUT2D eigenvalue weighted by molar-refractivity contribution is 0.0924. The van der Waals surface area contributed by atoms with E-state index in [-0.39, 0.29) is 5.91 Å². The van der Waals surface area contributed by atoms with Gasteiger partial charge in [0, 0.05) is 18.3 Å². The highest BCUT2D eigenvalue weighted by Crippen LogP contribution is 2.21. The lowest BCUT2D eigenvalue weighted by atomic mass is 10.2. The van der Waals surface area contributed by atoms with E-state index >= 15 is 0 Å². The smallest absolute Gasteiger partial charge is 0.269 e. The summed E-state index contributed by atoms with van der Waals surface area (Å²) in [5.41, 5.74) is 2.92. The Bertz CT molecular complexity index is 841. The van der Waals surface area contributed by atoms with Crippen LogP contribution >= 0.6 is 0 Å². The number of carbonyl (C=O) groups is 1. The van der Waals surface area contributed by atoms with E-state index in [1.807, 2.05) is 30.3 Å². The highest BCUT2D eigenvalue weighted by Gasteiger charge is 2.20. The third kappa shape index (κ3) is 2.14. The van der Waals surface area contributed by atoms with Crippen molar-refractivity contribution in [3.63, 3.8) is 0 Å². The van der Waals surface area contributed by atoms with Crippen LogP contribution in [0.4, 0.5) is 0 Å². The van der Waals surface area contributed by atoms with Gasteiger partial charge in [0.15, 0.2) is 5.82 Å². The highest BCUT2D eigenvalue weighted by molar-refractivity contribution is 5.94. The van der Waals surface area contributed by atoms with Crippen molar-refractivity contribution in [3.05, 3.63) is 54.4 Å². The number of rotatable bonds is 2. The second-order valence-corrected chi connectivity index (χ2v) is 5.03. The number of fused-ring (bicyclic) bond motifs is 1. The topological polar surface area (TPSA) is 72.7 Å². The number of aromatic nitrogens is 4. The number of benzene rings is 1. The second-order valence-electron chi connectivity index (χ2n) is 5.03. The van der Waals surface area contributed by atoms with Crippen molar-refractivity contribution < 1.29 is 4.79 Å². The summed E-state index contributed by atoms with van der Waals surface area (Å²) >= 11 is 0. The fourth-order valence-electron chi connectivity index (χ4n) is 2.49. The molecule has 0 spiro atoms. The van der Waals surface area contributed by atoms with Crippen molar-refractivity contribution >= 4 is 5.91 Å². The van der Waals surface area contributed by atoms with E-state index in [0.717, 1.165) is 5.56 Å². The average molecular weight is 291 g/mol. The number of carbonyl (C=O) groups excluding carboxylic acids is 1. The van der Waals surface area contributed by atoms with Crippen molar-refractivity contribution in [2.24, 2.45) is 0 Å². The molecule has 3 heterocycles. The van der Waals surface area contributed by atoms with Gasteiger partial charge in [-0.1, -0.05) is 30.3 Å². The van der Waals surface area contributed by atoms with Crippen molar-refractivity contribution in [1.82, 2.24) is 25.1 Å². The van der Waals surface area contributed by atoms with Crippen LogP contribution in [-0.2, 0) is 6.54 Å². The predicted molar refractivity (Wildman–Crippen MR) is 81.0 cm³/mol. The third-order valence-corrected chi connectivity index (χ3v) is 3.57. The summed E-state index contributed by atoms with van der Waals surface area (Å²) in [6.45, 7) is 1.28. The van der Waals surface area contributed by atoms with Gasteiger partial charge in [-0.3, -0.25) is 9.48 Å². The predicted octanol–water partition coefficient (Wildman–Crippen LogP) is 1.75. The molecule has 1 aromatic carbocycles. The Labute approximate surface area is 126 Å². The van der Waals surface area contributed by atoms with Crippen LogP contribution in [0.1, 0.15) is 10.5 Å². The molecule has 1 N–H and O–H groups in total. The number of amides is 1. The lowest BCUT2D eigenvalue weighted by Gasteiger charge is -2.13. The maximum absolute atomic E-state index is 11.8. The normalized spacial score (nSPS) is 13.5. The quantitative estimate of drug-likeness (QED) is 0.780. The molecule has 1 aliphatic rings. The third-order valence-electron chi connectivity index (χ3n) is 3.57. The van der Waals surface area contributed by atoms with Crippen LogP contribution in [-0.4, -0.2) is 32.2 Å². The van der Waals surface area contributed by atoms with Crippen LogP contribution in [0.2, 0.25) is 0 Å². The zero-order valence-electron chi connectivity index (χ0n) is 11.7. The van der Waals surface area contributed by atoms with Crippen molar-refractivity contribution in [2.75, 3.05) is 6.54 Å². The van der Waals surface area contributed by atoms with Gasteiger partial charge in [0.2, 0.25) is 0 Å². The Morgan fingerprint density at radius 2 is 1.95 bits per heavy atom. The van der Waals surface area contributed by atoms with Crippen LogP contribution in [0, 0.1) is 0 Å². The SMILES string of the molecule is O=C1NCCn2nc(-c3ccnc(-c4ccccc4)n3)cc21. The molecule has 22 heavy (non-hydrogen) atoms. The molecule has 1 amide bonds. The van der Waals surface area contributed by atoms with Crippen molar-refractivity contribution in [3.8, 4) is 22.8 Å². The second kappa shape index (κ2) is 5.07. The van der Waals surface area contributed by atoms with Gasteiger partial charge in [0.25, 0.3) is 5.91 Å². The van der Waals surface area contributed by atoms with Crippen molar-refractivity contribution in [2.45, 2.75) is 6.54 Å². The summed E-state index contributed by atoms with van der Waals surface area (Å²) in [5.74, 6) is 0.552. The number of hydrogen-bond acceptors (Lipinski definition) is 4. The Kier molecular flexibility index (Phi) is 2.93. The summed E-state index contributed by atoms with van der Waals surface area (Å²) in [6, 6.07) is 13.4. The molecular formula is C16H13N5O. The van der Waals surface area contributed by atoms with Gasteiger partial charge in [-0.2, -0.15) is 5.10 Å². The minimum Gasteiger partial charge on any atom is -0.349 e. The van der Waals surface area contributed by atoms with Crippen molar-refractivity contribution in [1.29, 1.82) is 0 Å². The van der Waals surface area contributed by atoms with Crippen LogP contribution in [0.3, 0.4) is 0 Å². The Balaban J connectivity index is 1.76. The highest BCUT2D eigenvalue weighted by atomic mass is 16.2. The fourth-order valence-corrected chi connectivity index (χ4v) is 2.49. The Hall–Kier alpha value is -3.02. The van der Waals surface area contributed by atoms with Crippen LogP contribution in [0.25, 0.3) is 22.8 Å². The first-order valence-corrected chi connectivity index (χ1v) is 7.06. The summed E-state index contributed by atoms with van der Waals surface area (Å²) in [6.07, 6.45) is 1.71. The van der Waals surface area contributed by atoms with E-state index in [1.54, 1.807) is 23.0 Å². The van der Waals surface area contributed by atoms with E-state index in [0.29, 0.717) is 36.0 Å². The largest absolute Gasteiger partial charge is 0.349 e. The van der Waals surface area contributed by atoms with E-state index < -0.39 is 0 Å². The molecule has 2 aromatic heterocycles. The number of nitrogens with one attached hydrogen (secondary N) is 1. The molecule has 4 rings (SSSR count). The Morgan fingerprint density at radius 1 is 1.09 bits per heavy atom. The molecule has 0 aliphatic carbocycles. The van der Waals surface area contributed by atoms with Gasteiger partial charge in [-0.15, -0.1) is 0 Å². The molecule has 0 saturated heterocycles. The van der Waals surface area contributed by atoms with Crippen LogP contribution < -0.4 is 5.32 Å². The van der Waals surface area contributed by atoms with E-state index in [1.165, 1.54) is 0 Å². The zero-order valence-corrected chi connectivity index (χ0v) is 11.7. The molecule has 3 aromatic rings. The van der Waals surface area contributed by atoms with Gasteiger partial charge >= 0.3 is 0 Å². The minimum absolute atomic E-state index is 0.0951. The average Bonchev–Trinajstić information content (AvgIpc) is 3.02. The fraction of sp³-hybridized carbons (Fsp3) is 0.125. The van der Waals surface area contributed by atoms with Gasteiger partial charge in [-0.05, 0) is 12.1 Å². The molecule has 108 valence electrons. The molecule has 0 fully saturated rings. The van der Waals surface area contributed by atoms with Gasteiger partial charge in [0.1, 0.15) is 11.4 Å². The van der Waals surface area contributed by atoms with Gasteiger partial charge in [0.05, 0.1) is 12.2 Å². The number of nitrogens with zero attached hydrogens (tertiary/aromatic N) is 4. The van der Waals surface area contributed by atoms with E-state index in [2.05, 4.69) is 20.4 Å². The maximum atomic E-state index is 11.8.